The van der Waals surface area contributed by atoms with Gasteiger partial charge in [0.2, 0.25) is 0 Å². The van der Waals surface area contributed by atoms with Gasteiger partial charge in [-0.15, -0.1) is 8.78 Å². The molecule has 6 rings (SSSR count). The van der Waals surface area contributed by atoms with E-state index in [0.29, 0.717) is 19.6 Å². The highest BCUT2D eigenvalue weighted by molar-refractivity contribution is 6.99. The fraction of sp³-hybridized carbons (Fsp3) is 0.419. The summed E-state index contributed by atoms with van der Waals surface area (Å²) in [6, 6.07) is 25.7. The molecule has 0 saturated carbocycles. The molecule has 3 aliphatic rings. The summed E-state index contributed by atoms with van der Waals surface area (Å²) >= 11 is 0. The van der Waals surface area contributed by atoms with Crippen molar-refractivity contribution in [3.05, 3.63) is 84.4 Å². The van der Waals surface area contributed by atoms with Gasteiger partial charge < -0.3 is 13.9 Å². The summed E-state index contributed by atoms with van der Waals surface area (Å²) in [5.41, 5.74) is 0.355. The van der Waals surface area contributed by atoms with Crippen molar-refractivity contribution in [3.8, 4) is 11.5 Å². The van der Waals surface area contributed by atoms with Gasteiger partial charge in [-0.1, -0.05) is 87.5 Å². The standard InChI is InChI=1S/C31H34F3NO3Si/c1-29(2,3)39(24-10-6-4-7-11-24,25-12-8-5-9-13-25)36-21-30-17-16-26(35(30)20-23(32)19-30)22-14-15-27-28(18-22)38-31(33,34)37-27/h4-15,18,23,26H,16-17,19-21H2,1-3H3/t23-,26+,30+/m1/s1. The minimum absolute atomic E-state index is 0.0211. The molecular formula is C31H34F3NO3Si. The smallest absolute Gasteiger partial charge is 0.406 e. The van der Waals surface area contributed by atoms with Crippen LogP contribution in [0.15, 0.2) is 78.9 Å². The Morgan fingerprint density at radius 1 is 0.923 bits per heavy atom. The molecule has 39 heavy (non-hydrogen) atoms. The first-order chi connectivity index (χ1) is 18.5. The quantitative estimate of drug-likeness (QED) is 0.340. The van der Waals surface area contributed by atoms with Gasteiger partial charge in [0, 0.05) is 24.5 Å². The van der Waals surface area contributed by atoms with Crippen LogP contribution in [0.2, 0.25) is 5.04 Å². The van der Waals surface area contributed by atoms with Crippen LogP contribution >= 0.6 is 0 Å². The summed E-state index contributed by atoms with van der Waals surface area (Å²) in [6.45, 7) is 7.41. The third-order valence-electron chi connectivity index (χ3n) is 8.65. The van der Waals surface area contributed by atoms with E-state index in [4.69, 9.17) is 9.16 Å². The van der Waals surface area contributed by atoms with Crippen molar-refractivity contribution < 1.29 is 27.1 Å². The van der Waals surface area contributed by atoms with E-state index in [9.17, 15) is 8.78 Å². The van der Waals surface area contributed by atoms with Gasteiger partial charge in [-0.25, -0.2) is 4.39 Å². The van der Waals surface area contributed by atoms with E-state index >= 15 is 4.39 Å². The number of hydrogen-bond acceptors (Lipinski definition) is 4. The highest BCUT2D eigenvalue weighted by atomic mass is 28.4. The van der Waals surface area contributed by atoms with Crippen LogP contribution in [0.5, 0.6) is 11.5 Å². The van der Waals surface area contributed by atoms with Crippen LogP contribution in [0.25, 0.3) is 0 Å². The maximum Gasteiger partial charge on any atom is 0.586 e. The summed E-state index contributed by atoms with van der Waals surface area (Å²) in [5, 5.41) is 2.19. The predicted octanol–water partition coefficient (Wildman–Crippen LogP) is 6.20. The lowest BCUT2D eigenvalue weighted by molar-refractivity contribution is -0.286. The summed E-state index contributed by atoms with van der Waals surface area (Å²) in [5.74, 6) is 0.0439. The highest BCUT2D eigenvalue weighted by Gasteiger charge is 2.57. The lowest BCUT2D eigenvalue weighted by Gasteiger charge is -2.46. The molecule has 3 aliphatic heterocycles. The first-order valence-corrected chi connectivity index (χ1v) is 15.5. The topological polar surface area (TPSA) is 30.9 Å². The van der Waals surface area contributed by atoms with E-state index < -0.39 is 26.3 Å². The lowest BCUT2D eigenvalue weighted by atomic mass is 9.94. The minimum Gasteiger partial charge on any atom is -0.406 e. The Morgan fingerprint density at radius 3 is 2.15 bits per heavy atom. The number of halogens is 3. The van der Waals surface area contributed by atoms with Crippen molar-refractivity contribution in [2.24, 2.45) is 0 Å². The van der Waals surface area contributed by atoms with Crippen LogP contribution in [0.1, 0.15) is 51.6 Å². The van der Waals surface area contributed by atoms with Crippen LogP contribution in [-0.4, -0.2) is 44.4 Å². The van der Waals surface area contributed by atoms with Gasteiger partial charge in [-0.2, -0.15) is 0 Å². The maximum absolute atomic E-state index is 15.2. The fourth-order valence-corrected chi connectivity index (χ4v) is 11.6. The number of fused-ring (bicyclic) bond motifs is 2. The van der Waals surface area contributed by atoms with E-state index in [2.05, 4.69) is 78.9 Å². The minimum atomic E-state index is -3.66. The first-order valence-electron chi connectivity index (χ1n) is 13.6. The Bertz CT molecular complexity index is 1290. The number of benzene rings is 3. The van der Waals surface area contributed by atoms with Crippen molar-refractivity contribution in [1.29, 1.82) is 0 Å². The third kappa shape index (κ3) is 4.46. The predicted molar refractivity (Wildman–Crippen MR) is 147 cm³/mol. The molecule has 3 atom stereocenters. The number of ether oxygens (including phenoxy) is 2. The second-order valence-electron chi connectivity index (χ2n) is 12.1. The van der Waals surface area contributed by atoms with Crippen molar-refractivity contribution in [1.82, 2.24) is 4.90 Å². The molecule has 3 heterocycles. The van der Waals surface area contributed by atoms with Gasteiger partial charge >= 0.3 is 6.29 Å². The van der Waals surface area contributed by atoms with Crippen LogP contribution in [0.4, 0.5) is 13.2 Å². The van der Waals surface area contributed by atoms with Gasteiger partial charge in [0.1, 0.15) is 6.17 Å². The number of nitrogens with zero attached hydrogens (tertiary/aromatic N) is 1. The molecule has 2 fully saturated rings. The maximum atomic E-state index is 15.2. The Morgan fingerprint density at radius 2 is 1.54 bits per heavy atom. The van der Waals surface area contributed by atoms with Crippen LogP contribution in [-0.2, 0) is 4.43 Å². The van der Waals surface area contributed by atoms with E-state index in [1.807, 2.05) is 12.1 Å². The summed E-state index contributed by atoms with van der Waals surface area (Å²) in [6.07, 6.45) is -2.70. The number of hydrogen-bond donors (Lipinski definition) is 0. The molecule has 8 heteroatoms. The Labute approximate surface area is 228 Å². The molecule has 0 N–H and O–H groups in total. The van der Waals surface area contributed by atoms with E-state index in [1.165, 1.54) is 16.4 Å². The summed E-state index contributed by atoms with van der Waals surface area (Å²) in [4.78, 5) is 2.21. The highest BCUT2D eigenvalue weighted by Crippen LogP contribution is 2.52. The van der Waals surface area contributed by atoms with Gasteiger partial charge in [-0.05, 0) is 45.9 Å². The molecule has 4 nitrogen and oxygen atoms in total. The molecule has 0 amide bonds. The zero-order chi connectivity index (χ0) is 27.5. The molecule has 2 saturated heterocycles. The molecule has 3 aromatic rings. The largest absolute Gasteiger partial charge is 0.586 e. The zero-order valence-electron chi connectivity index (χ0n) is 22.5. The molecule has 0 unspecified atom stereocenters. The van der Waals surface area contributed by atoms with E-state index in [1.54, 1.807) is 12.1 Å². The molecular weight excluding hydrogens is 519 g/mol. The average Bonchev–Trinajstić information content (AvgIpc) is 3.51. The molecule has 0 radical (unpaired) electrons. The molecule has 0 spiro atoms. The fourth-order valence-electron chi connectivity index (χ4n) is 7.00. The molecule has 3 aromatic carbocycles. The summed E-state index contributed by atoms with van der Waals surface area (Å²) < 4.78 is 59.0. The average molecular weight is 554 g/mol. The lowest BCUT2D eigenvalue weighted by Crippen LogP contribution is -2.68. The monoisotopic (exact) mass is 553 g/mol. The van der Waals surface area contributed by atoms with Crippen LogP contribution in [0.3, 0.4) is 0 Å². The SMILES string of the molecule is CC(C)(C)[Si](OC[C@@]12CC[C@@H](c3ccc4c(c3)OC(F)(F)O4)N1C[C@H](F)C2)(c1ccccc1)c1ccccc1. The van der Waals surface area contributed by atoms with E-state index in [-0.39, 0.29) is 22.6 Å². The van der Waals surface area contributed by atoms with Gasteiger partial charge in [0.25, 0.3) is 8.32 Å². The molecule has 206 valence electrons. The first kappa shape index (κ1) is 26.4. The Hall–Kier alpha value is -2.81. The van der Waals surface area contributed by atoms with Crippen molar-refractivity contribution >= 4 is 18.7 Å². The summed E-state index contributed by atoms with van der Waals surface area (Å²) in [7, 11) is -2.80. The second kappa shape index (κ2) is 9.39. The van der Waals surface area contributed by atoms with E-state index in [0.717, 1.165) is 18.4 Å². The molecule has 0 bridgehead atoms. The van der Waals surface area contributed by atoms with Gasteiger partial charge in [-0.3, -0.25) is 4.90 Å². The van der Waals surface area contributed by atoms with Crippen LogP contribution in [0, 0.1) is 0 Å². The van der Waals surface area contributed by atoms with Gasteiger partial charge in [0.15, 0.2) is 11.5 Å². The van der Waals surface area contributed by atoms with Crippen molar-refractivity contribution in [3.63, 3.8) is 0 Å². The second-order valence-corrected chi connectivity index (χ2v) is 16.4. The molecule has 0 aromatic heterocycles. The van der Waals surface area contributed by atoms with Crippen LogP contribution < -0.4 is 19.8 Å². The normalized spacial score (nSPS) is 26.1. The zero-order valence-corrected chi connectivity index (χ0v) is 23.5. The molecule has 0 aliphatic carbocycles. The van der Waals surface area contributed by atoms with Gasteiger partial charge in [0.05, 0.1) is 6.61 Å². The Balaban J connectivity index is 1.35. The Kier molecular flexibility index (Phi) is 6.36. The van der Waals surface area contributed by atoms with Crippen molar-refractivity contribution in [2.45, 2.75) is 69.1 Å². The van der Waals surface area contributed by atoms with Crippen molar-refractivity contribution in [2.75, 3.05) is 13.2 Å². The number of alkyl halides is 3. The third-order valence-corrected chi connectivity index (χ3v) is 13.6. The number of rotatable bonds is 6.